The van der Waals surface area contributed by atoms with E-state index in [2.05, 4.69) is 15.1 Å². The summed E-state index contributed by atoms with van der Waals surface area (Å²) < 4.78 is 7.13. The normalized spacial score (nSPS) is 27.2. The number of thiazole rings is 1. The molecule has 0 radical (unpaired) electrons. The van der Waals surface area contributed by atoms with E-state index in [1.54, 1.807) is 23.8 Å². The third-order valence-electron chi connectivity index (χ3n) is 4.52. The molecular weight excluding hydrogens is 440 g/mol. The molecule has 1 aliphatic rings. The number of halogens is 1. The van der Waals surface area contributed by atoms with Crippen LogP contribution in [-0.4, -0.2) is 65.4 Å². The molecule has 3 aromatic heterocycles. The number of nitrogens with one attached hydrogen (secondary N) is 1. The minimum Gasteiger partial charge on any atom is -0.394 e. The Morgan fingerprint density at radius 1 is 1.31 bits per heavy atom. The van der Waals surface area contributed by atoms with E-state index in [0.29, 0.717) is 21.2 Å². The highest BCUT2D eigenvalue weighted by Gasteiger charge is 2.46. The van der Waals surface area contributed by atoms with Crippen molar-refractivity contribution < 1.29 is 20.1 Å². The van der Waals surface area contributed by atoms with Crippen LogP contribution >= 0.6 is 34.7 Å². The second-order valence-corrected chi connectivity index (χ2v) is 8.88. The van der Waals surface area contributed by atoms with Crippen LogP contribution in [0.4, 0.5) is 0 Å². The van der Waals surface area contributed by atoms with Gasteiger partial charge in [-0.1, -0.05) is 34.7 Å². The lowest BCUT2D eigenvalue weighted by Gasteiger charge is -2.42. The van der Waals surface area contributed by atoms with Gasteiger partial charge in [0.05, 0.1) is 23.5 Å². The molecule has 0 aromatic carbocycles. The topological polar surface area (TPSA) is 133 Å². The van der Waals surface area contributed by atoms with E-state index in [1.165, 1.54) is 28.8 Å². The van der Waals surface area contributed by atoms with Gasteiger partial charge in [-0.3, -0.25) is 14.5 Å². The predicted molar refractivity (Wildman–Crippen MR) is 108 cm³/mol. The highest BCUT2D eigenvalue weighted by Crippen LogP contribution is 2.38. The van der Waals surface area contributed by atoms with E-state index >= 15 is 0 Å². The van der Waals surface area contributed by atoms with Crippen molar-refractivity contribution in [1.29, 1.82) is 0 Å². The number of nitrogens with zero attached hydrogens (tertiary/aromatic N) is 3. The Balaban J connectivity index is 1.62. The zero-order valence-corrected chi connectivity index (χ0v) is 17.1. The van der Waals surface area contributed by atoms with Crippen molar-refractivity contribution in [2.24, 2.45) is 0 Å². The Kier molecular flexibility index (Phi) is 6.06. The summed E-state index contributed by atoms with van der Waals surface area (Å²) in [5.41, 5.74) is 0.435. The molecule has 9 nitrogen and oxygen atoms in total. The van der Waals surface area contributed by atoms with Gasteiger partial charge in [0.2, 0.25) is 0 Å². The molecule has 4 heterocycles. The van der Waals surface area contributed by atoms with Gasteiger partial charge in [0, 0.05) is 34.4 Å². The number of aromatic nitrogens is 4. The number of aliphatic hydroxyl groups is 3. The van der Waals surface area contributed by atoms with Crippen molar-refractivity contribution in [1.82, 2.24) is 19.7 Å². The maximum absolute atomic E-state index is 11.4. The molecule has 4 rings (SSSR count). The third kappa shape index (κ3) is 4.26. The SMILES string of the molecule is O=c1[nH]c(-c2cnn([C@@H]3C(O)[C@@H](Sc4cncc(Cl)c4)OC(CO)[C@@H]3O)c2)cs1. The van der Waals surface area contributed by atoms with Crippen LogP contribution in [0.3, 0.4) is 0 Å². The Morgan fingerprint density at radius 2 is 2.14 bits per heavy atom. The second-order valence-electron chi connectivity index (χ2n) is 6.42. The van der Waals surface area contributed by atoms with Gasteiger partial charge < -0.3 is 25.0 Å². The van der Waals surface area contributed by atoms with E-state index in [0.717, 1.165) is 11.3 Å². The number of thioether (sulfide) groups is 1. The molecule has 5 atom stereocenters. The molecule has 154 valence electrons. The molecule has 3 aromatic rings. The van der Waals surface area contributed by atoms with Crippen LogP contribution in [0, 0.1) is 0 Å². The summed E-state index contributed by atoms with van der Waals surface area (Å²) in [6, 6.07) is 0.812. The van der Waals surface area contributed by atoms with Gasteiger partial charge in [0.25, 0.3) is 0 Å². The molecule has 1 saturated heterocycles. The lowest BCUT2D eigenvalue weighted by molar-refractivity contribution is -0.178. The van der Waals surface area contributed by atoms with E-state index in [-0.39, 0.29) is 4.87 Å². The van der Waals surface area contributed by atoms with Crippen LogP contribution in [0.2, 0.25) is 5.02 Å². The molecule has 0 bridgehead atoms. The Labute approximate surface area is 178 Å². The number of ether oxygens (including phenoxy) is 1. The Bertz CT molecular complexity index is 1040. The van der Waals surface area contributed by atoms with Crippen molar-refractivity contribution in [2.45, 2.75) is 34.7 Å². The van der Waals surface area contributed by atoms with Gasteiger partial charge in [0.15, 0.2) is 0 Å². The number of hydrogen-bond acceptors (Lipinski definition) is 9. The zero-order valence-electron chi connectivity index (χ0n) is 14.8. The van der Waals surface area contributed by atoms with Crippen LogP contribution in [0.5, 0.6) is 0 Å². The summed E-state index contributed by atoms with van der Waals surface area (Å²) in [7, 11) is 0. The maximum atomic E-state index is 11.4. The first-order chi connectivity index (χ1) is 14.0. The van der Waals surface area contributed by atoms with E-state index < -0.39 is 36.4 Å². The first kappa shape index (κ1) is 20.5. The van der Waals surface area contributed by atoms with Gasteiger partial charge in [0.1, 0.15) is 29.8 Å². The number of rotatable bonds is 5. The highest BCUT2D eigenvalue weighted by molar-refractivity contribution is 7.99. The average molecular weight is 457 g/mol. The summed E-state index contributed by atoms with van der Waals surface area (Å²) in [6.45, 7) is -0.429. The van der Waals surface area contributed by atoms with Gasteiger partial charge in [-0.2, -0.15) is 5.10 Å². The quantitative estimate of drug-likeness (QED) is 0.449. The van der Waals surface area contributed by atoms with Crippen molar-refractivity contribution >= 4 is 34.7 Å². The summed E-state index contributed by atoms with van der Waals surface area (Å²) >= 11 is 8.18. The van der Waals surface area contributed by atoms with E-state index in [4.69, 9.17) is 16.3 Å². The van der Waals surface area contributed by atoms with E-state index in [1.807, 2.05) is 0 Å². The predicted octanol–water partition coefficient (Wildman–Crippen LogP) is 1.12. The molecule has 2 unspecified atom stereocenters. The van der Waals surface area contributed by atoms with Gasteiger partial charge >= 0.3 is 4.87 Å². The number of aromatic amines is 1. The number of H-pyrrole nitrogens is 1. The molecule has 1 aliphatic heterocycles. The standard InChI is InChI=1S/C17H17ClN4O5S2/c18-9-1-10(4-19-3-9)29-16-15(25)13(14(24)12(6-23)27-16)22-5-8(2-20-22)11-7-28-17(26)21-11/h1-5,7,12-16,23-25H,6H2,(H,21,26)/t12?,13-,14-,15?,16+/m0/s1. The molecule has 1 fully saturated rings. The van der Waals surface area contributed by atoms with Crippen LogP contribution in [-0.2, 0) is 4.74 Å². The van der Waals surface area contributed by atoms with Crippen molar-refractivity contribution in [3.63, 3.8) is 0 Å². The van der Waals surface area contributed by atoms with Crippen molar-refractivity contribution in [3.8, 4) is 11.3 Å². The average Bonchev–Trinajstić information content (AvgIpc) is 3.33. The van der Waals surface area contributed by atoms with E-state index in [9.17, 15) is 20.1 Å². The fourth-order valence-electron chi connectivity index (χ4n) is 3.13. The highest BCUT2D eigenvalue weighted by atomic mass is 35.5. The Morgan fingerprint density at radius 3 is 2.83 bits per heavy atom. The summed E-state index contributed by atoms with van der Waals surface area (Å²) in [6.07, 6.45) is 2.97. The number of hydrogen-bond donors (Lipinski definition) is 4. The molecule has 0 saturated carbocycles. The summed E-state index contributed by atoms with van der Waals surface area (Å²) in [5.74, 6) is 0. The van der Waals surface area contributed by atoms with Crippen LogP contribution < -0.4 is 4.87 Å². The second kappa shape index (κ2) is 8.56. The number of aliphatic hydroxyl groups excluding tert-OH is 3. The molecule has 29 heavy (non-hydrogen) atoms. The minimum absolute atomic E-state index is 0.189. The van der Waals surface area contributed by atoms with Gasteiger partial charge in [-0.15, -0.1) is 0 Å². The molecule has 4 N–H and O–H groups in total. The molecule has 0 aliphatic carbocycles. The first-order valence-electron chi connectivity index (χ1n) is 8.58. The maximum Gasteiger partial charge on any atom is 0.304 e. The molecular formula is C17H17ClN4O5S2. The minimum atomic E-state index is -1.20. The van der Waals surface area contributed by atoms with Crippen LogP contribution in [0.15, 0.2) is 45.9 Å². The monoisotopic (exact) mass is 456 g/mol. The summed E-state index contributed by atoms with van der Waals surface area (Å²) in [5, 5.41) is 37.6. The Hall–Kier alpha value is -1.73. The molecule has 0 amide bonds. The summed E-state index contributed by atoms with van der Waals surface area (Å²) in [4.78, 5) is 18.6. The fourth-order valence-corrected chi connectivity index (χ4v) is 5.04. The zero-order chi connectivity index (χ0) is 20.5. The fraction of sp³-hybridized carbons (Fsp3) is 0.353. The van der Waals surface area contributed by atoms with Gasteiger partial charge in [-0.25, -0.2) is 0 Å². The lowest BCUT2D eigenvalue weighted by atomic mass is 9.97. The number of pyridine rings is 1. The smallest absolute Gasteiger partial charge is 0.304 e. The molecule has 12 heteroatoms. The van der Waals surface area contributed by atoms with Crippen molar-refractivity contribution in [2.75, 3.05) is 6.61 Å². The lowest BCUT2D eigenvalue weighted by Crippen LogP contribution is -2.54. The molecule has 0 spiro atoms. The van der Waals surface area contributed by atoms with Gasteiger partial charge in [-0.05, 0) is 6.07 Å². The largest absolute Gasteiger partial charge is 0.394 e. The van der Waals surface area contributed by atoms with Crippen LogP contribution in [0.25, 0.3) is 11.3 Å². The van der Waals surface area contributed by atoms with Crippen LogP contribution in [0.1, 0.15) is 6.04 Å². The third-order valence-corrected chi connectivity index (χ3v) is 6.51. The first-order valence-corrected chi connectivity index (χ1v) is 10.7. The van der Waals surface area contributed by atoms with Crippen molar-refractivity contribution in [3.05, 3.63) is 50.9 Å².